The molecule has 5 aromatic carbocycles. The van der Waals surface area contributed by atoms with E-state index in [4.69, 9.17) is 9.47 Å². The normalized spacial score (nSPS) is 11.6. The van der Waals surface area contributed by atoms with Gasteiger partial charge in [0, 0.05) is 17.2 Å². The van der Waals surface area contributed by atoms with Gasteiger partial charge in [-0.05, 0) is 41.0 Å². The van der Waals surface area contributed by atoms with E-state index in [2.05, 4.69) is 10.3 Å². The van der Waals surface area contributed by atoms with Gasteiger partial charge in [-0.2, -0.15) is 0 Å². The van der Waals surface area contributed by atoms with Crippen LogP contribution < -0.4 is 14.8 Å². The quantitative estimate of drug-likeness (QED) is 0.160. The molecule has 0 aliphatic heterocycles. The van der Waals surface area contributed by atoms with Gasteiger partial charge in [0.2, 0.25) is 0 Å². The number of nitrogens with one attached hydrogen (secondary N) is 1. The molecule has 2 N–H and O–H groups in total. The summed E-state index contributed by atoms with van der Waals surface area (Å²) < 4.78 is 12.3. The van der Waals surface area contributed by atoms with Crippen LogP contribution in [0.2, 0.25) is 0 Å². The van der Waals surface area contributed by atoms with Gasteiger partial charge in [0.1, 0.15) is 19.3 Å². The molecular weight excluding hydrogens is 552 g/mol. The first-order chi connectivity index (χ1) is 21.5. The number of ether oxygens (including phenoxy) is 2. The molecule has 218 valence electrons. The number of aromatic nitrogens is 1. The Bertz CT molecular complexity index is 1870. The van der Waals surface area contributed by atoms with Crippen LogP contribution in [0.4, 0.5) is 0 Å². The van der Waals surface area contributed by atoms with E-state index in [1.807, 2.05) is 109 Å². The van der Waals surface area contributed by atoms with Gasteiger partial charge in [-0.15, -0.1) is 0 Å². The van der Waals surface area contributed by atoms with Crippen molar-refractivity contribution < 1.29 is 24.2 Å². The van der Waals surface area contributed by atoms with E-state index in [9.17, 15) is 14.7 Å². The lowest BCUT2D eigenvalue weighted by Gasteiger charge is -2.18. The van der Waals surface area contributed by atoms with Crippen LogP contribution in [0.5, 0.6) is 11.5 Å². The van der Waals surface area contributed by atoms with Gasteiger partial charge in [0.05, 0.1) is 16.6 Å². The maximum absolute atomic E-state index is 13.7. The molecule has 0 aliphatic rings. The minimum Gasteiger partial charge on any atom is -0.485 e. The minimum atomic E-state index is -1.19. The van der Waals surface area contributed by atoms with Crippen molar-refractivity contribution in [2.45, 2.75) is 25.7 Å². The zero-order chi connectivity index (χ0) is 30.3. The summed E-state index contributed by atoms with van der Waals surface area (Å²) in [5.74, 6) is -0.587. The standard InChI is InChI=1S/C37H30N2O5/c40-36(35-28-15-7-9-17-30(28)38-31-18-10-8-16-29(31)35)39-32(37(41)42)21-27-19-20-33(43-23-25-11-3-1-4-12-25)34(22-27)44-24-26-13-5-2-6-14-26/h1-20,22,32H,21,23-24H2,(H,39,40)(H,41,42)/t32-/m0/s1. The topological polar surface area (TPSA) is 97.8 Å². The fourth-order valence-corrected chi connectivity index (χ4v) is 5.13. The first-order valence-corrected chi connectivity index (χ1v) is 14.3. The van der Waals surface area contributed by atoms with E-state index in [1.54, 1.807) is 18.2 Å². The largest absolute Gasteiger partial charge is 0.485 e. The molecule has 0 unspecified atom stereocenters. The number of para-hydroxylation sites is 2. The molecule has 0 radical (unpaired) electrons. The molecule has 1 aromatic heterocycles. The van der Waals surface area contributed by atoms with Crippen LogP contribution in [-0.4, -0.2) is 28.0 Å². The van der Waals surface area contributed by atoms with Crippen LogP contribution in [0, 0.1) is 0 Å². The van der Waals surface area contributed by atoms with Gasteiger partial charge >= 0.3 is 5.97 Å². The molecule has 0 bridgehead atoms. The summed E-state index contributed by atoms with van der Waals surface area (Å²) in [5, 5.41) is 14.2. The molecule has 6 aromatic rings. The van der Waals surface area contributed by atoms with Crippen LogP contribution in [0.1, 0.15) is 27.0 Å². The number of amides is 1. The Morgan fingerprint density at radius 3 is 1.73 bits per heavy atom. The average molecular weight is 583 g/mol. The number of benzene rings is 5. The lowest BCUT2D eigenvalue weighted by atomic mass is 10.0. The summed E-state index contributed by atoms with van der Waals surface area (Å²) in [6.45, 7) is 0.664. The third kappa shape index (κ3) is 6.52. The number of hydrogen-bond acceptors (Lipinski definition) is 5. The van der Waals surface area contributed by atoms with Crippen LogP contribution in [-0.2, 0) is 24.4 Å². The Balaban J connectivity index is 1.26. The molecule has 6 rings (SSSR count). The van der Waals surface area contributed by atoms with Crippen molar-refractivity contribution in [2.24, 2.45) is 0 Å². The highest BCUT2D eigenvalue weighted by Crippen LogP contribution is 2.31. The highest BCUT2D eigenvalue weighted by Gasteiger charge is 2.24. The number of carboxylic acids is 1. The number of nitrogens with zero attached hydrogens (tertiary/aromatic N) is 1. The van der Waals surface area contributed by atoms with E-state index < -0.39 is 17.9 Å². The summed E-state index contributed by atoms with van der Waals surface area (Å²) in [6, 6.07) is 38.5. The first-order valence-electron chi connectivity index (χ1n) is 14.3. The minimum absolute atomic E-state index is 0.0443. The molecule has 0 fully saturated rings. The molecule has 7 nitrogen and oxygen atoms in total. The summed E-state index contributed by atoms with van der Waals surface area (Å²) in [6.07, 6.45) is 0.0443. The van der Waals surface area contributed by atoms with E-state index >= 15 is 0 Å². The second-order valence-corrected chi connectivity index (χ2v) is 10.4. The van der Waals surface area contributed by atoms with Crippen LogP contribution in [0.15, 0.2) is 127 Å². The molecule has 1 amide bonds. The van der Waals surface area contributed by atoms with Crippen molar-refractivity contribution in [3.63, 3.8) is 0 Å². The van der Waals surface area contributed by atoms with Gasteiger partial charge in [-0.3, -0.25) is 4.79 Å². The van der Waals surface area contributed by atoms with Crippen molar-refractivity contribution >= 4 is 33.7 Å². The molecule has 1 atom stereocenters. The van der Waals surface area contributed by atoms with Crippen LogP contribution in [0.25, 0.3) is 21.8 Å². The average Bonchev–Trinajstić information content (AvgIpc) is 3.06. The van der Waals surface area contributed by atoms with Gasteiger partial charge in [0.15, 0.2) is 11.5 Å². The highest BCUT2D eigenvalue weighted by atomic mass is 16.5. The summed E-state index contributed by atoms with van der Waals surface area (Å²) >= 11 is 0. The van der Waals surface area contributed by atoms with Crippen molar-refractivity contribution in [3.05, 3.63) is 150 Å². The lowest BCUT2D eigenvalue weighted by molar-refractivity contribution is -0.139. The second-order valence-electron chi connectivity index (χ2n) is 10.4. The zero-order valence-electron chi connectivity index (χ0n) is 23.9. The van der Waals surface area contributed by atoms with Crippen molar-refractivity contribution in [2.75, 3.05) is 0 Å². The summed E-state index contributed by atoms with van der Waals surface area (Å²) in [7, 11) is 0. The Morgan fingerprint density at radius 2 is 1.16 bits per heavy atom. The Labute approximate surface area is 254 Å². The lowest BCUT2D eigenvalue weighted by Crippen LogP contribution is -2.42. The number of carbonyl (C=O) groups excluding carboxylic acids is 1. The number of carboxylic acid groups (broad SMARTS) is 1. The molecule has 0 saturated heterocycles. The number of aliphatic carboxylic acids is 1. The third-order valence-corrected chi connectivity index (χ3v) is 7.34. The Kier molecular flexibility index (Phi) is 8.46. The number of fused-ring (bicyclic) bond motifs is 2. The fraction of sp³-hybridized carbons (Fsp3) is 0.108. The second kappa shape index (κ2) is 13.1. The van der Waals surface area contributed by atoms with Crippen molar-refractivity contribution in [1.82, 2.24) is 10.3 Å². The number of carbonyl (C=O) groups is 2. The fourth-order valence-electron chi connectivity index (χ4n) is 5.13. The van der Waals surface area contributed by atoms with E-state index in [0.717, 1.165) is 11.1 Å². The molecule has 44 heavy (non-hydrogen) atoms. The van der Waals surface area contributed by atoms with Crippen LogP contribution >= 0.6 is 0 Å². The molecule has 7 heteroatoms. The number of rotatable bonds is 11. The maximum Gasteiger partial charge on any atom is 0.326 e. The van der Waals surface area contributed by atoms with Crippen LogP contribution in [0.3, 0.4) is 0 Å². The third-order valence-electron chi connectivity index (χ3n) is 7.34. The first kappa shape index (κ1) is 28.4. The smallest absolute Gasteiger partial charge is 0.326 e. The van der Waals surface area contributed by atoms with E-state index in [-0.39, 0.29) is 6.42 Å². The molecular formula is C37H30N2O5. The molecule has 0 spiro atoms. The highest BCUT2D eigenvalue weighted by molar-refractivity contribution is 6.16. The number of pyridine rings is 1. The number of hydrogen-bond donors (Lipinski definition) is 2. The van der Waals surface area contributed by atoms with Gasteiger partial charge in [-0.1, -0.05) is 103 Å². The monoisotopic (exact) mass is 582 g/mol. The molecule has 1 heterocycles. The van der Waals surface area contributed by atoms with Gasteiger partial charge < -0.3 is 19.9 Å². The van der Waals surface area contributed by atoms with Crippen molar-refractivity contribution in [3.8, 4) is 11.5 Å². The summed E-state index contributed by atoms with van der Waals surface area (Å²) in [4.78, 5) is 30.8. The van der Waals surface area contributed by atoms with Gasteiger partial charge in [0.25, 0.3) is 5.91 Å². The SMILES string of the molecule is O=C(N[C@@H](Cc1ccc(OCc2ccccc2)c(OCc2ccccc2)c1)C(=O)O)c1c2ccccc2nc2ccccc12. The van der Waals surface area contributed by atoms with Gasteiger partial charge in [-0.25, -0.2) is 9.78 Å². The zero-order valence-corrected chi connectivity index (χ0v) is 23.9. The summed E-state index contributed by atoms with van der Waals surface area (Å²) in [5.41, 5.74) is 4.39. The van der Waals surface area contributed by atoms with E-state index in [0.29, 0.717) is 57.6 Å². The predicted octanol–water partition coefficient (Wildman–Crippen LogP) is 6.97. The molecule has 0 aliphatic carbocycles. The Hall–Kier alpha value is -5.69. The van der Waals surface area contributed by atoms with E-state index in [1.165, 1.54) is 0 Å². The van der Waals surface area contributed by atoms with Crippen molar-refractivity contribution in [1.29, 1.82) is 0 Å². The maximum atomic E-state index is 13.7. The predicted molar refractivity (Wildman–Crippen MR) is 170 cm³/mol. The Morgan fingerprint density at radius 1 is 0.636 bits per heavy atom. The molecule has 0 saturated carbocycles.